The highest BCUT2D eigenvalue weighted by Gasteiger charge is 2.24. The number of carbonyl (C=O) groups is 1. The van der Waals surface area contributed by atoms with E-state index in [4.69, 9.17) is 25.8 Å². The third kappa shape index (κ3) is 2.02. The quantitative estimate of drug-likeness (QED) is 0.755. The van der Waals surface area contributed by atoms with Crippen molar-refractivity contribution in [2.45, 2.75) is 6.29 Å². The van der Waals surface area contributed by atoms with Crippen LogP contribution in [0.25, 0.3) is 0 Å². The van der Waals surface area contributed by atoms with Crippen molar-refractivity contribution < 1.29 is 19.0 Å². The summed E-state index contributed by atoms with van der Waals surface area (Å²) in [5, 5.41) is 0.255. The van der Waals surface area contributed by atoms with Crippen LogP contribution < -0.4 is 4.74 Å². The molecule has 0 bridgehead atoms. The minimum atomic E-state index is -0.527. The molecule has 0 amide bonds. The Morgan fingerprint density at radius 3 is 2.81 bits per heavy atom. The Bertz CT molecular complexity index is 404. The van der Waals surface area contributed by atoms with Crippen LogP contribution in [-0.4, -0.2) is 31.6 Å². The van der Waals surface area contributed by atoms with Gasteiger partial charge >= 0.3 is 0 Å². The Morgan fingerprint density at radius 1 is 1.56 bits per heavy atom. The first-order valence-corrected chi connectivity index (χ1v) is 5.07. The van der Waals surface area contributed by atoms with Gasteiger partial charge in [-0.2, -0.15) is 0 Å². The van der Waals surface area contributed by atoms with E-state index >= 15 is 0 Å². The zero-order chi connectivity index (χ0) is 11.5. The third-order valence-electron chi connectivity index (χ3n) is 2.18. The molecule has 2 rings (SSSR count). The third-order valence-corrected chi connectivity index (χ3v) is 2.48. The number of nitrogens with zero attached hydrogens (tertiary/aromatic N) is 1. The van der Waals surface area contributed by atoms with Gasteiger partial charge in [0.15, 0.2) is 12.6 Å². The van der Waals surface area contributed by atoms with E-state index in [1.165, 1.54) is 7.11 Å². The number of hydrogen-bond acceptors (Lipinski definition) is 5. The lowest BCUT2D eigenvalue weighted by atomic mass is 10.2. The molecule has 0 aliphatic carbocycles. The molecular formula is C10H10ClNO4. The summed E-state index contributed by atoms with van der Waals surface area (Å²) < 4.78 is 15.7. The number of rotatable bonds is 3. The second-order valence-corrected chi connectivity index (χ2v) is 3.55. The fourth-order valence-corrected chi connectivity index (χ4v) is 1.66. The van der Waals surface area contributed by atoms with Gasteiger partial charge in [0.25, 0.3) is 0 Å². The van der Waals surface area contributed by atoms with Crippen molar-refractivity contribution in [1.82, 2.24) is 4.98 Å². The van der Waals surface area contributed by atoms with Crippen molar-refractivity contribution in [3.05, 3.63) is 22.3 Å². The summed E-state index contributed by atoms with van der Waals surface area (Å²) in [6.07, 6.45) is 0.0472. The maximum atomic E-state index is 10.7. The summed E-state index contributed by atoms with van der Waals surface area (Å²) in [4.78, 5) is 14.6. The van der Waals surface area contributed by atoms with Crippen molar-refractivity contribution in [2.75, 3.05) is 20.3 Å². The van der Waals surface area contributed by atoms with Crippen LogP contribution in [0.3, 0.4) is 0 Å². The van der Waals surface area contributed by atoms with Crippen molar-refractivity contribution in [3.63, 3.8) is 0 Å². The molecule has 5 nitrogen and oxygen atoms in total. The Hall–Kier alpha value is -1.17. The summed E-state index contributed by atoms with van der Waals surface area (Å²) in [7, 11) is 1.46. The molecule has 1 fully saturated rings. The molecular weight excluding hydrogens is 234 g/mol. The first-order valence-electron chi connectivity index (χ1n) is 4.69. The smallest absolute Gasteiger partial charge is 0.222 e. The predicted molar refractivity (Wildman–Crippen MR) is 55.8 cm³/mol. The van der Waals surface area contributed by atoms with Gasteiger partial charge < -0.3 is 14.2 Å². The normalized spacial score (nSPS) is 16.4. The number of methoxy groups -OCH3 is 1. The predicted octanol–water partition coefficient (Wildman–Crippen LogP) is 1.60. The lowest BCUT2D eigenvalue weighted by Gasteiger charge is -2.13. The van der Waals surface area contributed by atoms with Crippen LogP contribution in [0.15, 0.2) is 6.07 Å². The van der Waals surface area contributed by atoms with Gasteiger partial charge in [-0.25, -0.2) is 4.98 Å². The van der Waals surface area contributed by atoms with Crippen LogP contribution in [0, 0.1) is 0 Å². The summed E-state index contributed by atoms with van der Waals surface area (Å²) in [5.74, 6) is 0.290. The number of halogens is 1. The number of pyridine rings is 1. The second kappa shape index (κ2) is 4.78. The van der Waals surface area contributed by atoms with Crippen LogP contribution in [0.1, 0.15) is 22.3 Å². The van der Waals surface area contributed by atoms with E-state index in [0.717, 1.165) is 0 Å². The molecule has 0 spiro atoms. The zero-order valence-electron chi connectivity index (χ0n) is 8.60. The van der Waals surface area contributed by atoms with Gasteiger partial charge in [0.1, 0.15) is 5.69 Å². The van der Waals surface area contributed by atoms with Crippen molar-refractivity contribution in [1.29, 1.82) is 0 Å². The number of aromatic nitrogens is 1. The summed E-state index contributed by atoms with van der Waals surface area (Å²) >= 11 is 5.88. The molecule has 2 heterocycles. The molecule has 1 aliphatic heterocycles. The molecule has 0 atom stereocenters. The fourth-order valence-electron chi connectivity index (χ4n) is 1.45. The van der Waals surface area contributed by atoms with Gasteiger partial charge in [0.2, 0.25) is 5.88 Å². The molecule has 16 heavy (non-hydrogen) atoms. The summed E-state index contributed by atoms with van der Waals surface area (Å²) in [5.41, 5.74) is 0.732. The fraction of sp³-hybridized carbons (Fsp3) is 0.400. The van der Waals surface area contributed by atoms with E-state index in [2.05, 4.69) is 4.98 Å². The van der Waals surface area contributed by atoms with Crippen molar-refractivity contribution in [2.24, 2.45) is 0 Å². The SMILES string of the molecule is COc1nc(C=O)c(Cl)cc1C1OCCO1. The van der Waals surface area contributed by atoms with Gasteiger partial charge in [-0.3, -0.25) is 4.79 Å². The topological polar surface area (TPSA) is 57.7 Å². The lowest BCUT2D eigenvalue weighted by molar-refractivity contribution is -0.0458. The van der Waals surface area contributed by atoms with Gasteiger partial charge in [-0.1, -0.05) is 11.6 Å². The molecule has 1 aromatic rings. The molecule has 0 unspecified atom stereocenters. The number of carbonyl (C=O) groups excluding carboxylic acids is 1. The number of aldehydes is 1. The Balaban J connectivity index is 2.42. The second-order valence-electron chi connectivity index (χ2n) is 3.15. The van der Waals surface area contributed by atoms with E-state index < -0.39 is 6.29 Å². The first kappa shape index (κ1) is 11.3. The highest BCUT2D eigenvalue weighted by Crippen LogP contribution is 2.32. The Labute approximate surface area is 97.3 Å². The molecule has 0 saturated carbocycles. The standard InChI is InChI=1S/C10H10ClNO4/c1-14-9-6(10-15-2-3-16-10)4-7(11)8(5-13)12-9/h4-5,10H,2-3H2,1H3. The average molecular weight is 244 g/mol. The van der Waals surface area contributed by atoms with Crippen LogP contribution in [0.2, 0.25) is 5.02 Å². The summed E-state index contributed by atoms with van der Waals surface area (Å²) in [6, 6.07) is 1.58. The molecule has 6 heteroatoms. The molecule has 1 aromatic heterocycles. The van der Waals surface area contributed by atoms with E-state index in [1.807, 2.05) is 0 Å². The van der Waals surface area contributed by atoms with Crippen molar-refractivity contribution >= 4 is 17.9 Å². The molecule has 0 aromatic carbocycles. The van der Waals surface area contributed by atoms with Crippen LogP contribution in [0.4, 0.5) is 0 Å². The largest absolute Gasteiger partial charge is 0.481 e. The maximum absolute atomic E-state index is 10.7. The van der Waals surface area contributed by atoms with Gasteiger partial charge in [-0.15, -0.1) is 0 Å². The van der Waals surface area contributed by atoms with Gasteiger partial charge in [-0.05, 0) is 6.07 Å². The van der Waals surface area contributed by atoms with Crippen LogP contribution in [0.5, 0.6) is 5.88 Å². The van der Waals surface area contributed by atoms with E-state index in [0.29, 0.717) is 30.9 Å². The summed E-state index contributed by atoms with van der Waals surface area (Å²) in [6.45, 7) is 1.03. The lowest BCUT2D eigenvalue weighted by Crippen LogP contribution is -2.05. The maximum Gasteiger partial charge on any atom is 0.222 e. The van der Waals surface area contributed by atoms with Crippen LogP contribution in [-0.2, 0) is 9.47 Å². The van der Waals surface area contributed by atoms with Crippen molar-refractivity contribution in [3.8, 4) is 5.88 Å². The molecule has 1 aliphatic rings. The van der Waals surface area contributed by atoms with E-state index in [-0.39, 0.29) is 10.7 Å². The highest BCUT2D eigenvalue weighted by molar-refractivity contribution is 6.32. The highest BCUT2D eigenvalue weighted by atomic mass is 35.5. The molecule has 0 radical (unpaired) electrons. The van der Waals surface area contributed by atoms with E-state index in [1.54, 1.807) is 6.07 Å². The minimum Gasteiger partial charge on any atom is -0.481 e. The molecule has 86 valence electrons. The average Bonchev–Trinajstić information content (AvgIpc) is 2.82. The monoisotopic (exact) mass is 243 g/mol. The first-order chi connectivity index (χ1) is 7.76. The number of hydrogen-bond donors (Lipinski definition) is 0. The Morgan fingerprint density at radius 2 is 2.25 bits per heavy atom. The van der Waals surface area contributed by atoms with Gasteiger partial charge in [0, 0.05) is 0 Å². The van der Waals surface area contributed by atoms with Crippen LogP contribution >= 0.6 is 11.6 Å². The zero-order valence-corrected chi connectivity index (χ0v) is 9.36. The molecule has 0 N–H and O–H groups in total. The van der Waals surface area contributed by atoms with E-state index in [9.17, 15) is 4.79 Å². The van der Waals surface area contributed by atoms with Gasteiger partial charge in [0.05, 0.1) is 30.9 Å². The Kier molecular flexibility index (Phi) is 3.38. The minimum absolute atomic E-state index is 0.139. The number of ether oxygens (including phenoxy) is 3. The molecule has 1 saturated heterocycles.